The van der Waals surface area contributed by atoms with Crippen molar-refractivity contribution in [1.29, 1.82) is 0 Å². The molecule has 0 spiro atoms. The van der Waals surface area contributed by atoms with E-state index in [2.05, 4.69) is 13.8 Å². The van der Waals surface area contributed by atoms with Gasteiger partial charge in [-0.1, -0.05) is 52.4 Å². The summed E-state index contributed by atoms with van der Waals surface area (Å²) in [7, 11) is 0. The molecule has 2 nitrogen and oxygen atoms in total. The fourth-order valence-corrected chi connectivity index (χ4v) is 2.21. The Morgan fingerprint density at radius 3 is 2.33 bits per heavy atom. The van der Waals surface area contributed by atoms with Crippen LogP contribution in [0.2, 0.25) is 0 Å². The van der Waals surface area contributed by atoms with Crippen molar-refractivity contribution in [2.24, 2.45) is 5.92 Å². The first-order valence-electron chi connectivity index (χ1n) is 6.50. The van der Waals surface area contributed by atoms with Crippen molar-refractivity contribution in [1.82, 2.24) is 0 Å². The Hall–Kier alpha value is -0.530. The molecule has 1 aliphatic rings. The second-order valence-corrected chi connectivity index (χ2v) is 4.57. The Labute approximate surface area is 93.4 Å². The molecule has 0 bridgehead atoms. The molecule has 0 saturated carbocycles. The van der Waals surface area contributed by atoms with Crippen molar-refractivity contribution < 1.29 is 9.53 Å². The molecule has 88 valence electrons. The first-order chi connectivity index (χ1) is 7.29. The third kappa shape index (κ3) is 3.84. The largest absolute Gasteiger partial charge is 0.461 e. The molecule has 15 heavy (non-hydrogen) atoms. The summed E-state index contributed by atoms with van der Waals surface area (Å²) in [5.41, 5.74) is 0. The highest BCUT2D eigenvalue weighted by molar-refractivity contribution is 5.78. The van der Waals surface area contributed by atoms with Crippen LogP contribution < -0.4 is 0 Å². The highest BCUT2D eigenvalue weighted by Gasteiger charge is 2.40. The van der Waals surface area contributed by atoms with Crippen LogP contribution in [-0.2, 0) is 9.53 Å². The van der Waals surface area contributed by atoms with Gasteiger partial charge in [-0.2, -0.15) is 0 Å². The van der Waals surface area contributed by atoms with Crippen molar-refractivity contribution in [3.05, 3.63) is 0 Å². The van der Waals surface area contributed by atoms with Crippen LogP contribution in [0.25, 0.3) is 0 Å². The number of carbonyl (C=O) groups is 1. The highest BCUT2D eigenvalue weighted by Crippen LogP contribution is 2.30. The molecule has 0 aromatic heterocycles. The third-order valence-corrected chi connectivity index (χ3v) is 3.21. The minimum atomic E-state index is 0.0453. The number of rotatable bonds is 8. The van der Waals surface area contributed by atoms with Gasteiger partial charge in [0.2, 0.25) is 0 Å². The molecule has 2 heteroatoms. The second-order valence-electron chi connectivity index (χ2n) is 4.57. The Bertz CT molecular complexity index is 189. The summed E-state index contributed by atoms with van der Waals surface area (Å²) in [6, 6.07) is 0. The van der Waals surface area contributed by atoms with E-state index in [1.807, 2.05) is 0 Å². The summed E-state index contributed by atoms with van der Waals surface area (Å²) in [6.07, 6.45) is 9.85. The Morgan fingerprint density at radius 2 is 1.73 bits per heavy atom. The lowest BCUT2D eigenvalue weighted by molar-refractivity contribution is -0.186. The molecule has 0 aromatic carbocycles. The molecule has 1 saturated heterocycles. The van der Waals surface area contributed by atoms with Crippen LogP contribution in [0.5, 0.6) is 0 Å². The fraction of sp³-hybridized carbons (Fsp3) is 0.923. The third-order valence-electron chi connectivity index (χ3n) is 3.21. The first-order valence-corrected chi connectivity index (χ1v) is 6.50. The quantitative estimate of drug-likeness (QED) is 0.453. The maximum Gasteiger partial charge on any atom is 0.313 e. The van der Waals surface area contributed by atoms with Crippen LogP contribution in [-0.4, -0.2) is 12.1 Å². The van der Waals surface area contributed by atoms with Crippen molar-refractivity contribution in [2.45, 2.75) is 71.3 Å². The molecule has 1 heterocycles. The molecule has 0 radical (unpaired) electrons. The van der Waals surface area contributed by atoms with E-state index >= 15 is 0 Å². The number of hydrogen-bond acceptors (Lipinski definition) is 2. The van der Waals surface area contributed by atoms with E-state index in [9.17, 15) is 4.79 Å². The number of esters is 1. The molecule has 0 aliphatic carbocycles. The Morgan fingerprint density at radius 1 is 1.00 bits per heavy atom. The van der Waals surface area contributed by atoms with Gasteiger partial charge in [0.25, 0.3) is 0 Å². The van der Waals surface area contributed by atoms with Crippen molar-refractivity contribution in [3.8, 4) is 0 Å². The van der Waals surface area contributed by atoms with Gasteiger partial charge in [-0.15, -0.1) is 0 Å². The lowest BCUT2D eigenvalue weighted by Gasteiger charge is -2.35. The number of unbranched alkanes of at least 4 members (excludes halogenated alkanes) is 4. The van der Waals surface area contributed by atoms with Crippen LogP contribution in [0.1, 0.15) is 65.2 Å². The molecule has 1 aliphatic heterocycles. The van der Waals surface area contributed by atoms with E-state index in [0.29, 0.717) is 0 Å². The SMILES string of the molecule is CCCCCCCC1C(=O)OC1CCC. The van der Waals surface area contributed by atoms with E-state index in [1.54, 1.807) is 0 Å². The monoisotopic (exact) mass is 212 g/mol. The zero-order valence-electron chi connectivity index (χ0n) is 10.1. The molecule has 1 fully saturated rings. The Kier molecular flexibility index (Phi) is 5.74. The van der Waals surface area contributed by atoms with Crippen LogP contribution in [0.15, 0.2) is 0 Å². The lowest BCUT2D eigenvalue weighted by Crippen LogP contribution is -2.44. The standard InChI is InChI=1S/C13H24O2/c1-3-5-6-7-8-10-11-12(9-4-2)15-13(11)14/h11-12H,3-10H2,1-2H3. The summed E-state index contributed by atoms with van der Waals surface area (Å²) in [5.74, 6) is 0.274. The van der Waals surface area contributed by atoms with Crippen LogP contribution >= 0.6 is 0 Å². The zero-order valence-corrected chi connectivity index (χ0v) is 10.1. The maximum absolute atomic E-state index is 11.2. The van der Waals surface area contributed by atoms with Crippen LogP contribution in [0.3, 0.4) is 0 Å². The van der Waals surface area contributed by atoms with Gasteiger partial charge in [0, 0.05) is 0 Å². The predicted octanol–water partition coefficient (Wildman–Crippen LogP) is 3.69. The van der Waals surface area contributed by atoms with E-state index < -0.39 is 0 Å². The number of hydrogen-bond donors (Lipinski definition) is 0. The van der Waals surface area contributed by atoms with Gasteiger partial charge in [-0.05, 0) is 12.8 Å². The van der Waals surface area contributed by atoms with Gasteiger partial charge in [0.05, 0.1) is 5.92 Å². The van der Waals surface area contributed by atoms with Crippen LogP contribution in [0.4, 0.5) is 0 Å². The van der Waals surface area contributed by atoms with E-state index in [4.69, 9.17) is 4.74 Å². The van der Waals surface area contributed by atoms with Gasteiger partial charge in [0.15, 0.2) is 0 Å². The molecule has 0 N–H and O–H groups in total. The van der Waals surface area contributed by atoms with Gasteiger partial charge in [0.1, 0.15) is 6.10 Å². The number of cyclic esters (lactones) is 1. The summed E-state index contributed by atoms with van der Waals surface area (Å²) < 4.78 is 5.13. The first kappa shape index (κ1) is 12.5. The summed E-state index contributed by atoms with van der Waals surface area (Å²) in [6.45, 7) is 4.37. The summed E-state index contributed by atoms with van der Waals surface area (Å²) in [5, 5.41) is 0. The minimum absolute atomic E-state index is 0.0453. The summed E-state index contributed by atoms with van der Waals surface area (Å²) >= 11 is 0. The predicted molar refractivity (Wildman–Crippen MR) is 61.7 cm³/mol. The van der Waals surface area contributed by atoms with Gasteiger partial charge >= 0.3 is 5.97 Å². The van der Waals surface area contributed by atoms with Gasteiger partial charge in [-0.3, -0.25) is 4.79 Å². The zero-order chi connectivity index (χ0) is 11.1. The molecule has 2 atom stereocenters. The molecule has 0 amide bonds. The van der Waals surface area contributed by atoms with E-state index in [-0.39, 0.29) is 18.0 Å². The van der Waals surface area contributed by atoms with Crippen molar-refractivity contribution in [3.63, 3.8) is 0 Å². The van der Waals surface area contributed by atoms with E-state index in [0.717, 1.165) is 19.3 Å². The minimum Gasteiger partial charge on any atom is -0.461 e. The molecular formula is C13H24O2. The molecule has 2 unspecified atom stereocenters. The normalized spacial score (nSPS) is 24.8. The van der Waals surface area contributed by atoms with Gasteiger partial charge in [-0.25, -0.2) is 0 Å². The summed E-state index contributed by atoms with van der Waals surface area (Å²) in [4.78, 5) is 11.2. The highest BCUT2D eigenvalue weighted by atomic mass is 16.6. The maximum atomic E-state index is 11.2. The molecular weight excluding hydrogens is 188 g/mol. The van der Waals surface area contributed by atoms with E-state index in [1.165, 1.54) is 32.1 Å². The average Bonchev–Trinajstić information content (AvgIpc) is 2.23. The molecule has 0 aromatic rings. The number of ether oxygens (including phenoxy) is 1. The number of carbonyl (C=O) groups excluding carboxylic acids is 1. The van der Waals surface area contributed by atoms with Crippen LogP contribution in [0, 0.1) is 5.92 Å². The smallest absolute Gasteiger partial charge is 0.313 e. The topological polar surface area (TPSA) is 26.3 Å². The fourth-order valence-electron chi connectivity index (χ4n) is 2.21. The second kappa shape index (κ2) is 6.86. The lowest BCUT2D eigenvalue weighted by atomic mass is 9.88. The van der Waals surface area contributed by atoms with Gasteiger partial charge < -0.3 is 4.74 Å². The molecule has 1 rings (SSSR count). The average molecular weight is 212 g/mol. The Balaban J connectivity index is 2.06. The van der Waals surface area contributed by atoms with Crippen molar-refractivity contribution in [2.75, 3.05) is 0 Å². The van der Waals surface area contributed by atoms with Crippen molar-refractivity contribution >= 4 is 5.97 Å².